The minimum Gasteiger partial charge on any atom is -0.494 e. The molecule has 1 aliphatic heterocycles. The number of imide groups is 2. The number of amides is 4. The van der Waals surface area contributed by atoms with Crippen molar-refractivity contribution in [1.82, 2.24) is 14.8 Å². The van der Waals surface area contributed by atoms with E-state index in [0.29, 0.717) is 18.9 Å². The number of furan rings is 1. The molecule has 2 aromatic heterocycles. The fourth-order valence-corrected chi connectivity index (χ4v) is 4.37. The Bertz CT molecular complexity index is 1470. The van der Waals surface area contributed by atoms with Crippen LogP contribution in [0, 0.1) is 0 Å². The Labute approximate surface area is 214 Å². The van der Waals surface area contributed by atoms with Crippen LogP contribution < -0.4 is 10.1 Å². The van der Waals surface area contributed by atoms with Crippen molar-refractivity contribution >= 4 is 34.8 Å². The lowest BCUT2D eigenvalue weighted by Gasteiger charge is -2.25. The standard InChI is InChI=1S/C29H27N3O5/c1-2-20-10-12-22(13-11-20)36-16-6-14-31-18-21(24-8-3-4-9-26(24)31)17-25-27(33)30-29(35)32(28(25)34)19-23-7-5-15-37-23/h3-5,7-13,15,17-18H,2,6,14,16,19H2,1H3,(H,30,33,35)/b25-17-. The van der Waals surface area contributed by atoms with E-state index in [0.717, 1.165) is 40.0 Å². The van der Waals surface area contributed by atoms with Crippen LogP contribution in [0.15, 0.2) is 83.1 Å². The summed E-state index contributed by atoms with van der Waals surface area (Å²) in [4.78, 5) is 39.0. The van der Waals surface area contributed by atoms with Gasteiger partial charge in [-0.15, -0.1) is 0 Å². The van der Waals surface area contributed by atoms with Gasteiger partial charge in [-0.05, 0) is 54.8 Å². The first kappa shape index (κ1) is 24.1. The zero-order valence-corrected chi connectivity index (χ0v) is 20.5. The summed E-state index contributed by atoms with van der Waals surface area (Å²) in [6.07, 6.45) is 6.69. The van der Waals surface area contributed by atoms with E-state index in [4.69, 9.17) is 9.15 Å². The largest absolute Gasteiger partial charge is 0.494 e. The number of urea groups is 1. The molecular weight excluding hydrogens is 470 g/mol. The maximum atomic E-state index is 13.1. The second-order valence-electron chi connectivity index (χ2n) is 8.78. The van der Waals surface area contributed by atoms with E-state index >= 15 is 0 Å². The van der Waals surface area contributed by atoms with E-state index in [-0.39, 0.29) is 12.1 Å². The molecule has 4 aromatic rings. The van der Waals surface area contributed by atoms with E-state index in [1.54, 1.807) is 18.2 Å². The normalized spacial score (nSPS) is 15.0. The fourth-order valence-electron chi connectivity index (χ4n) is 4.37. The molecule has 0 bridgehead atoms. The number of barbiturate groups is 1. The molecule has 0 unspecified atom stereocenters. The van der Waals surface area contributed by atoms with E-state index in [2.05, 4.69) is 28.9 Å². The molecule has 8 nitrogen and oxygen atoms in total. The maximum Gasteiger partial charge on any atom is 0.331 e. The SMILES string of the molecule is CCc1ccc(OCCCn2cc(/C=C3/C(=O)NC(=O)N(Cc4ccco4)C3=O)c3ccccc32)cc1. The zero-order valence-electron chi connectivity index (χ0n) is 20.5. The molecule has 4 amide bonds. The van der Waals surface area contributed by atoms with Crippen LogP contribution in [0.2, 0.25) is 0 Å². The molecule has 0 spiro atoms. The number of nitrogens with one attached hydrogen (secondary N) is 1. The van der Waals surface area contributed by atoms with Crippen LogP contribution >= 0.6 is 0 Å². The first-order chi connectivity index (χ1) is 18.0. The summed E-state index contributed by atoms with van der Waals surface area (Å²) >= 11 is 0. The molecular formula is C29H27N3O5. The predicted molar refractivity (Wildman–Crippen MR) is 139 cm³/mol. The summed E-state index contributed by atoms with van der Waals surface area (Å²) < 4.78 is 13.2. The Kier molecular flexibility index (Phi) is 6.89. The second kappa shape index (κ2) is 10.6. The van der Waals surface area contributed by atoms with Gasteiger partial charge in [-0.3, -0.25) is 19.8 Å². The lowest BCUT2D eigenvalue weighted by molar-refractivity contribution is -0.130. The highest BCUT2D eigenvalue weighted by Crippen LogP contribution is 2.26. The summed E-state index contributed by atoms with van der Waals surface area (Å²) in [5.74, 6) is -0.0951. The van der Waals surface area contributed by atoms with Crippen LogP contribution in [0.4, 0.5) is 4.79 Å². The van der Waals surface area contributed by atoms with Crippen molar-refractivity contribution in [2.45, 2.75) is 32.9 Å². The van der Waals surface area contributed by atoms with Gasteiger partial charge in [-0.1, -0.05) is 37.3 Å². The molecule has 1 saturated heterocycles. The third-order valence-electron chi connectivity index (χ3n) is 6.34. The van der Waals surface area contributed by atoms with Crippen molar-refractivity contribution in [2.24, 2.45) is 0 Å². The summed E-state index contributed by atoms with van der Waals surface area (Å²) in [6, 6.07) is 18.5. The first-order valence-corrected chi connectivity index (χ1v) is 12.2. The quantitative estimate of drug-likeness (QED) is 0.201. The molecule has 0 radical (unpaired) electrons. The Morgan fingerprint density at radius 3 is 2.57 bits per heavy atom. The molecule has 1 fully saturated rings. The first-order valence-electron chi connectivity index (χ1n) is 12.2. The number of para-hydroxylation sites is 1. The van der Waals surface area contributed by atoms with Gasteiger partial charge >= 0.3 is 6.03 Å². The van der Waals surface area contributed by atoms with Crippen LogP contribution in [0.5, 0.6) is 5.75 Å². The number of ether oxygens (including phenoxy) is 1. The van der Waals surface area contributed by atoms with Gasteiger partial charge in [-0.2, -0.15) is 0 Å². The van der Waals surface area contributed by atoms with Crippen LogP contribution in [-0.2, 0) is 29.1 Å². The molecule has 2 aromatic carbocycles. The van der Waals surface area contributed by atoms with Crippen molar-refractivity contribution < 1.29 is 23.5 Å². The highest BCUT2D eigenvalue weighted by molar-refractivity contribution is 6.31. The van der Waals surface area contributed by atoms with Gasteiger partial charge in [0.25, 0.3) is 11.8 Å². The number of aromatic nitrogens is 1. The van der Waals surface area contributed by atoms with Crippen LogP contribution in [-0.4, -0.2) is 33.9 Å². The fraction of sp³-hybridized carbons (Fsp3) is 0.207. The van der Waals surface area contributed by atoms with Crippen molar-refractivity contribution in [1.29, 1.82) is 0 Å². The number of aryl methyl sites for hydroxylation is 2. The van der Waals surface area contributed by atoms with Crippen molar-refractivity contribution in [3.05, 3.63) is 95.6 Å². The summed E-state index contributed by atoms with van der Waals surface area (Å²) in [5.41, 5.74) is 2.87. The second-order valence-corrected chi connectivity index (χ2v) is 8.78. The summed E-state index contributed by atoms with van der Waals surface area (Å²) in [5, 5.41) is 3.16. The van der Waals surface area contributed by atoms with E-state index in [1.807, 2.05) is 42.6 Å². The number of fused-ring (bicyclic) bond motifs is 1. The number of nitrogens with zero attached hydrogens (tertiary/aromatic N) is 2. The molecule has 37 heavy (non-hydrogen) atoms. The minimum absolute atomic E-state index is 0.0643. The van der Waals surface area contributed by atoms with Gasteiger partial charge in [-0.25, -0.2) is 4.79 Å². The van der Waals surface area contributed by atoms with Crippen molar-refractivity contribution in [3.8, 4) is 5.75 Å². The molecule has 5 rings (SSSR count). The lowest BCUT2D eigenvalue weighted by atomic mass is 10.1. The Morgan fingerprint density at radius 2 is 1.81 bits per heavy atom. The number of carbonyl (C=O) groups excluding carboxylic acids is 3. The van der Waals surface area contributed by atoms with Crippen LogP contribution in [0.25, 0.3) is 17.0 Å². The van der Waals surface area contributed by atoms with E-state index in [9.17, 15) is 14.4 Å². The summed E-state index contributed by atoms with van der Waals surface area (Å²) in [6.45, 7) is 3.30. The molecule has 1 N–H and O–H groups in total. The van der Waals surface area contributed by atoms with Gasteiger partial charge in [0.2, 0.25) is 0 Å². The number of carbonyl (C=O) groups is 3. The Morgan fingerprint density at radius 1 is 1.00 bits per heavy atom. The van der Waals surface area contributed by atoms with Gasteiger partial charge < -0.3 is 13.7 Å². The highest BCUT2D eigenvalue weighted by Gasteiger charge is 2.36. The predicted octanol–water partition coefficient (Wildman–Crippen LogP) is 4.93. The van der Waals surface area contributed by atoms with Crippen LogP contribution in [0.1, 0.15) is 30.2 Å². The topological polar surface area (TPSA) is 93.8 Å². The number of benzene rings is 2. The zero-order chi connectivity index (χ0) is 25.8. The monoisotopic (exact) mass is 497 g/mol. The minimum atomic E-state index is -0.768. The van der Waals surface area contributed by atoms with Crippen molar-refractivity contribution in [3.63, 3.8) is 0 Å². The van der Waals surface area contributed by atoms with Crippen molar-refractivity contribution in [2.75, 3.05) is 6.61 Å². The summed E-state index contributed by atoms with van der Waals surface area (Å²) in [7, 11) is 0. The third kappa shape index (κ3) is 5.18. The van der Waals surface area contributed by atoms with E-state index < -0.39 is 17.8 Å². The smallest absolute Gasteiger partial charge is 0.331 e. The van der Waals surface area contributed by atoms with E-state index in [1.165, 1.54) is 11.8 Å². The van der Waals surface area contributed by atoms with Crippen LogP contribution in [0.3, 0.4) is 0 Å². The maximum absolute atomic E-state index is 13.1. The molecule has 0 saturated carbocycles. The lowest BCUT2D eigenvalue weighted by Crippen LogP contribution is -2.53. The van der Waals surface area contributed by atoms with Gasteiger partial charge in [0.1, 0.15) is 17.1 Å². The molecule has 8 heteroatoms. The van der Waals surface area contributed by atoms with Gasteiger partial charge in [0.05, 0.1) is 19.4 Å². The number of hydrogen-bond donors (Lipinski definition) is 1. The number of rotatable bonds is 9. The molecule has 188 valence electrons. The van der Waals surface area contributed by atoms with Gasteiger partial charge in [0.15, 0.2) is 0 Å². The Balaban J connectivity index is 1.34. The Hall–Kier alpha value is -4.59. The van der Waals surface area contributed by atoms with Gasteiger partial charge in [0, 0.05) is 29.2 Å². The molecule has 0 aliphatic carbocycles. The average molecular weight is 498 g/mol. The average Bonchev–Trinajstić information content (AvgIpc) is 3.55. The third-order valence-corrected chi connectivity index (χ3v) is 6.34. The number of hydrogen-bond acceptors (Lipinski definition) is 5. The molecule has 3 heterocycles. The molecule has 1 aliphatic rings. The highest BCUT2D eigenvalue weighted by atomic mass is 16.5. The molecule has 0 atom stereocenters.